The molecule has 0 aliphatic rings. The molecule has 5 rings (SSSR count). The first-order valence-electron chi connectivity index (χ1n) is 10.2. The standard InChI is InChI=1S/C28H23NP/c1-4-13-25(14-5-1)30(26-15-6-2-7-16-26,27-17-8-3-9-18-27)22-23-20-24-12-10-11-19-28(24)29-21-23/h1-21H,22H2/q+1. The van der Waals surface area contributed by atoms with E-state index in [0.29, 0.717) is 0 Å². The summed E-state index contributed by atoms with van der Waals surface area (Å²) in [4.78, 5) is 4.76. The van der Waals surface area contributed by atoms with Crippen LogP contribution in [0, 0.1) is 0 Å². The minimum Gasteiger partial charge on any atom is -0.256 e. The summed E-state index contributed by atoms with van der Waals surface area (Å²) in [7, 11) is -1.89. The average Bonchev–Trinajstić information content (AvgIpc) is 2.84. The molecule has 1 aromatic heterocycles. The Morgan fingerprint density at radius 3 is 1.53 bits per heavy atom. The van der Waals surface area contributed by atoms with Gasteiger partial charge in [0.1, 0.15) is 23.2 Å². The summed E-state index contributed by atoms with van der Waals surface area (Å²) >= 11 is 0. The predicted molar refractivity (Wildman–Crippen MR) is 131 cm³/mol. The highest BCUT2D eigenvalue weighted by atomic mass is 31.2. The van der Waals surface area contributed by atoms with Crippen molar-refractivity contribution >= 4 is 34.1 Å². The Balaban J connectivity index is 1.76. The van der Waals surface area contributed by atoms with Gasteiger partial charge in [-0.15, -0.1) is 0 Å². The highest BCUT2D eigenvalue weighted by Crippen LogP contribution is 2.58. The largest absolute Gasteiger partial charge is 0.256 e. The molecule has 0 radical (unpaired) electrons. The van der Waals surface area contributed by atoms with E-state index in [-0.39, 0.29) is 0 Å². The lowest BCUT2D eigenvalue weighted by molar-refractivity contribution is 1.30. The summed E-state index contributed by atoms with van der Waals surface area (Å²) in [6, 6.07) is 43.7. The SMILES string of the molecule is c1ccc([P+](Cc2cnc3ccccc3c2)(c2ccccc2)c2ccccc2)cc1. The van der Waals surface area contributed by atoms with Crippen molar-refractivity contribution in [1.29, 1.82) is 0 Å². The molecule has 0 amide bonds. The molecular formula is C28H23NP+. The zero-order valence-corrected chi connectivity index (χ0v) is 17.6. The van der Waals surface area contributed by atoms with Gasteiger partial charge >= 0.3 is 0 Å². The summed E-state index contributed by atoms with van der Waals surface area (Å²) < 4.78 is 0. The lowest BCUT2D eigenvalue weighted by Crippen LogP contribution is -2.32. The predicted octanol–water partition coefficient (Wildman–Crippen LogP) is 5.73. The number of hydrogen-bond acceptors (Lipinski definition) is 1. The van der Waals surface area contributed by atoms with E-state index in [4.69, 9.17) is 4.98 Å². The summed E-state index contributed by atoms with van der Waals surface area (Å²) in [6.07, 6.45) is 3.01. The second-order valence-corrected chi connectivity index (χ2v) is 11.0. The van der Waals surface area contributed by atoms with Crippen LogP contribution in [0.15, 0.2) is 128 Å². The number of fused-ring (bicyclic) bond motifs is 1. The number of hydrogen-bond donors (Lipinski definition) is 0. The monoisotopic (exact) mass is 404 g/mol. The quantitative estimate of drug-likeness (QED) is 0.341. The highest BCUT2D eigenvalue weighted by Gasteiger charge is 2.45. The molecule has 30 heavy (non-hydrogen) atoms. The Morgan fingerprint density at radius 2 is 1.00 bits per heavy atom. The Labute approximate surface area is 178 Å². The van der Waals surface area contributed by atoms with Crippen molar-refractivity contribution in [3.63, 3.8) is 0 Å². The lowest BCUT2D eigenvalue weighted by atomic mass is 10.2. The van der Waals surface area contributed by atoms with Gasteiger partial charge in [-0.05, 0) is 48.5 Å². The van der Waals surface area contributed by atoms with E-state index in [1.165, 1.54) is 26.9 Å². The van der Waals surface area contributed by atoms with Crippen molar-refractivity contribution in [2.24, 2.45) is 0 Å². The molecular weight excluding hydrogens is 381 g/mol. The van der Waals surface area contributed by atoms with Crippen LogP contribution in [0.5, 0.6) is 0 Å². The molecule has 4 aromatic carbocycles. The highest BCUT2D eigenvalue weighted by molar-refractivity contribution is 7.95. The first kappa shape index (κ1) is 18.7. The average molecular weight is 404 g/mol. The van der Waals surface area contributed by atoms with E-state index >= 15 is 0 Å². The van der Waals surface area contributed by atoms with Crippen molar-refractivity contribution < 1.29 is 0 Å². The molecule has 1 heterocycles. The van der Waals surface area contributed by atoms with Gasteiger partial charge in [0.2, 0.25) is 0 Å². The van der Waals surface area contributed by atoms with Crippen molar-refractivity contribution in [1.82, 2.24) is 4.98 Å². The fourth-order valence-corrected chi connectivity index (χ4v) is 8.45. The molecule has 2 heteroatoms. The molecule has 0 aliphatic heterocycles. The number of aromatic nitrogens is 1. The number of benzene rings is 4. The van der Waals surface area contributed by atoms with E-state index in [0.717, 1.165) is 11.7 Å². The van der Waals surface area contributed by atoms with Crippen LogP contribution in [-0.2, 0) is 6.16 Å². The van der Waals surface area contributed by atoms with Crippen LogP contribution in [0.4, 0.5) is 0 Å². The van der Waals surface area contributed by atoms with Crippen LogP contribution in [-0.4, -0.2) is 4.98 Å². The van der Waals surface area contributed by atoms with Gasteiger partial charge in [-0.3, -0.25) is 4.98 Å². The fraction of sp³-hybridized carbons (Fsp3) is 0.0357. The van der Waals surface area contributed by atoms with E-state index in [1.54, 1.807) is 0 Å². The first-order valence-corrected chi connectivity index (χ1v) is 12.2. The summed E-state index contributed by atoms with van der Waals surface area (Å²) in [5.74, 6) is 0. The third kappa shape index (κ3) is 3.43. The van der Waals surface area contributed by atoms with Gasteiger partial charge in [0, 0.05) is 17.1 Å². The van der Waals surface area contributed by atoms with E-state index in [1.807, 2.05) is 6.07 Å². The summed E-state index contributed by atoms with van der Waals surface area (Å²) in [5, 5.41) is 5.39. The fourth-order valence-electron chi connectivity index (χ4n) is 4.25. The maximum absolute atomic E-state index is 4.76. The molecule has 0 spiro atoms. The maximum Gasteiger partial charge on any atom is 0.116 e. The molecule has 1 nitrogen and oxygen atoms in total. The molecule has 0 bridgehead atoms. The van der Waals surface area contributed by atoms with Gasteiger partial charge in [-0.1, -0.05) is 72.8 Å². The van der Waals surface area contributed by atoms with Gasteiger partial charge < -0.3 is 0 Å². The number of pyridine rings is 1. The van der Waals surface area contributed by atoms with Crippen LogP contribution >= 0.6 is 7.26 Å². The summed E-state index contributed by atoms with van der Waals surface area (Å²) in [6.45, 7) is 0. The first-order chi connectivity index (χ1) is 14.9. The van der Waals surface area contributed by atoms with Crippen LogP contribution in [0.3, 0.4) is 0 Å². The second-order valence-electron chi connectivity index (χ2n) is 7.51. The number of nitrogens with zero attached hydrogens (tertiary/aromatic N) is 1. The number of rotatable bonds is 5. The Hall–Kier alpha value is -3.28. The van der Waals surface area contributed by atoms with Crippen LogP contribution in [0.1, 0.15) is 5.56 Å². The third-order valence-corrected chi connectivity index (χ3v) is 10.0. The molecule has 0 aliphatic carbocycles. The van der Waals surface area contributed by atoms with Crippen molar-refractivity contribution in [3.8, 4) is 0 Å². The van der Waals surface area contributed by atoms with E-state index in [9.17, 15) is 0 Å². The van der Waals surface area contributed by atoms with Crippen LogP contribution < -0.4 is 15.9 Å². The van der Waals surface area contributed by atoms with Gasteiger partial charge in [0.25, 0.3) is 0 Å². The zero-order valence-electron chi connectivity index (χ0n) is 16.7. The van der Waals surface area contributed by atoms with Crippen molar-refractivity contribution in [2.75, 3.05) is 0 Å². The van der Waals surface area contributed by atoms with Crippen molar-refractivity contribution in [3.05, 3.63) is 133 Å². The molecule has 0 saturated heterocycles. The Kier molecular flexibility index (Phi) is 5.13. The molecule has 0 atom stereocenters. The van der Waals surface area contributed by atoms with Gasteiger partial charge in [0.15, 0.2) is 0 Å². The Bertz CT molecular complexity index is 1150. The van der Waals surface area contributed by atoms with Crippen LogP contribution in [0.25, 0.3) is 10.9 Å². The van der Waals surface area contributed by atoms with E-state index in [2.05, 4.69) is 121 Å². The van der Waals surface area contributed by atoms with Gasteiger partial charge in [-0.2, -0.15) is 0 Å². The van der Waals surface area contributed by atoms with Crippen molar-refractivity contribution in [2.45, 2.75) is 6.16 Å². The zero-order chi connectivity index (χ0) is 20.2. The molecule has 0 saturated carbocycles. The third-order valence-electron chi connectivity index (χ3n) is 5.66. The smallest absolute Gasteiger partial charge is 0.116 e. The topological polar surface area (TPSA) is 12.9 Å². The normalized spacial score (nSPS) is 11.5. The molecule has 0 fully saturated rings. The number of para-hydroxylation sites is 1. The van der Waals surface area contributed by atoms with Crippen LogP contribution in [0.2, 0.25) is 0 Å². The maximum atomic E-state index is 4.76. The lowest BCUT2D eigenvalue weighted by Gasteiger charge is -2.27. The van der Waals surface area contributed by atoms with Gasteiger partial charge in [0.05, 0.1) is 11.7 Å². The van der Waals surface area contributed by atoms with Gasteiger partial charge in [-0.25, -0.2) is 0 Å². The molecule has 5 aromatic rings. The molecule has 0 unspecified atom stereocenters. The molecule has 144 valence electrons. The minimum absolute atomic E-state index is 0.947. The molecule has 0 N–H and O–H groups in total. The van der Waals surface area contributed by atoms with E-state index < -0.39 is 7.26 Å². The minimum atomic E-state index is -1.89. The second kappa shape index (κ2) is 8.22. The summed E-state index contributed by atoms with van der Waals surface area (Å²) in [5.41, 5.74) is 2.32. The Morgan fingerprint density at radius 1 is 0.533 bits per heavy atom.